The number of hydrogen-bond acceptors (Lipinski definition) is 12. The predicted octanol–water partition coefficient (Wildman–Crippen LogP) is 10.2. The fourth-order valence-electron chi connectivity index (χ4n) is 5.25. The molecule has 0 aromatic carbocycles. The van der Waals surface area contributed by atoms with Gasteiger partial charge in [-0.25, -0.2) is 25.3 Å². The van der Waals surface area contributed by atoms with Gasteiger partial charge in [0.15, 0.2) is 0 Å². The Labute approximate surface area is 351 Å². The average Bonchev–Trinajstić information content (AvgIpc) is 3.04. The summed E-state index contributed by atoms with van der Waals surface area (Å²) in [5, 5.41) is 0. The number of rotatable bonds is 36. The van der Waals surface area contributed by atoms with Crippen LogP contribution in [-0.4, -0.2) is 58.7 Å². The van der Waals surface area contributed by atoms with Gasteiger partial charge in [0.2, 0.25) is 31.2 Å². The first-order valence-corrected chi connectivity index (χ1v) is 24.0. The SMILES string of the molecule is CCCCCCCCCCCCOS(=O)(=O)[O-].CCCCCCCCCCCCOS(=O)(=O)[O-].CCCCCCCCCCCCOS(=O)(=O)[O-].[Dy+3]. The molecule has 0 bridgehead atoms. The summed E-state index contributed by atoms with van der Waals surface area (Å²) < 4.78 is 103. The molecule has 0 saturated heterocycles. The van der Waals surface area contributed by atoms with Crippen molar-refractivity contribution in [1.29, 1.82) is 0 Å². The van der Waals surface area contributed by atoms with Crippen LogP contribution in [-0.2, 0) is 43.7 Å². The van der Waals surface area contributed by atoms with E-state index < -0.39 is 31.2 Å². The molecule has 0 aliphatic rings. The van der Waals surface area contributed by atoms with E-state index in [2.05, 4.69) is 33.3 Å². The molecule has 0 amide bonds. The Bertz CT molecular complexity index is 883. The van der Waals surface area contributed by atoms with Crippen LogP contribution in [0, 0.1) is 38.2 Å². The molecule has 0 unspecified atom stereocenters. The maximum atomic E-state index is 10.1. The fourth-order valence-corrected chi connectivity index (χ4v) is 6.22. The molecule has 0 aliphatic heterocycles. The quantitative estimate of drug-likeness (QED) is 0.0327. The summed E-state index contributed by atoms with van der Waals surface area (Å²) in [7, 11) is -13.5. The molecule has 0 aromatic heterocycles. The van der Waals surface area contributed by atoms with E-state index >= 15 is 0 Å². The van der Waals surface area contributed by atoms with Gasteiger partial charge in [0.05, 0.1) is 19.8 Å². The van der Waals surface area contributed by atoms with Crippen LogP contribution in [0.15, 0.2) is 0 Å². The molecule has 0 aliphatic carbocycles. The molecule has 0 fully saturated rings. The maximum Gasteiger partial charge on any atom is 3.00 e. The monoisotopic (exact) mass is 959 g/mol. The Morgan fingerprint density at radius 1 is 0.288 bits per heavy atom. The van der Waals surface area contributed by atoms with E-state index in [1.54, 1.807) is 0 Å². The standard InChI is InChI=1S/3C12H26O4S.Dy/c3*1-2-3-4-5-6-7-8-9-10-11-12-16-17(13,14)15;/h3*2-12H2,1H3,(H,13,14,15);/q;;;+3/p-3. The Morgan fingerprint density at radius 3 is 0.558 bits per heavy atom. The Balaban J connectivity index is -0.000000329. The topological polar surface area (TPSA) is 199 Å². The molecule has 0 saturated carbocycles. The van der Waals surface area contributed by atoms with Gasteiger partial charge in [0.1, 0.15) is 0 Å². The summed E-state index contributed by atoms with van der Waals surface area (Å²) >= 11 is 0. The molecule has 1 radical (unpaired) electrons. The van der Waals surface area contributed by atoms with E-state index in [-0.39, 0.29) is 58.0 Å². The van der Waals surface area contributed by atoms with E-state index in [0.29, 0.717) is 19.3 Å². The Hall–Kier alpha value is 0.883. The molecule has 52 heavy (non-hydrogen) atoms. The van der Waals surface area contributed by atoms with Gasteiger partial charge in [-0.1, -0.05) is 194 Å². The zero-order valence-corrected chi connectivity index (χ0v) is 37.3. The second-order valence-electron chi connectivity index (χ2n) is 13.2. The van der Waals surface area contributed by atoms with Crippen LogP contribution in [0.3, 0.4) is 0 Å². The molecular formula is C36H75DyO12S3. The minimum absolute atomic E-state index is 0. The van der Waals surface area contributed by atoms with Crippen molar-refractivity contribution in [3.63, 3.8) is 0 Å². The van der Waals surface area contributed by atoms with Gasteiger partial charge in [0.25, 0.3) is 0 Å². The van der Waals surface area contributed by atoms with Crippen LogP contribution >= 0.6 is 0 Å². The van der Waals surface area contributed by atoms with Gasteiger partial charge < -0.3 is 13.7 Å². The van der Waals surface area contributed by atoms with Crippen LogP contribution < -0.4 is 0 Å². The summed E-state index contributed by atoms with van der Waals surface area (Å²) in [5.74, 6) is 0. The zero-order valence-electron chi connectivity index (χ0n) is 32.8. The molecule has 319 valence electrons. The van der Waals surface area contributed by atoms with E-state index in [4.69, 9.17) is 0 Å². The van der Waals surface area contributed by atoms with Crippen LogP contribution in [0.1, 0.15) is 213 Å². The van der Waals surface area contributed by atoms with Crippen LogP contribution in [0.2, 0.25) is 0 Å². The summed E-state index contributed by atoms with van der Waals surface area (Å²) in [6.45, 7) is 6.73. The molecule has 0 rings (SSSR count). The van der Waals surface area contributed by atoms with E-state index in [1.165, 1.54) is 135 Å². The van der Waals surface area contributed by atoms with Gasteiger partial charge in [-0.15, -0.1) is 0 Å². The summed E-state index contributed by atoms with van der Waals surface area (Å²) in [5.41, 5.74) is 0. The summed E-state index contributed by atoms with van der Waals surface area (Å²) in [6.07, 6.45) is 35.1. The van der Waals surface area contributed by atoms with Gasteiger partial charge >= 0.3 is 38.2 Å². The first-order valence-electron chi connectivity index (χ1n) is 20.0. The van der Waals surface area contributed by atoms with E-state index in [9.17, 15) is 38.9 Å². The normalized spacial score (nSPS) is 11.7. The first kappa shape index (κ1) is 59.6. The van der Waals surface area contributed by atoms with Crippen molar-refractivity contribution >= 4 is 31.2 Å². The van der Waals surface area contributed by atoms with Crippen LogP contribution in [0.4, 0.5) is 0 Å². The third-order valence-electron chi connectivity index (χ3n) is 8.18. The Morgan fingerprint density at radius 2 is 0.423 bits per heavy atom. The molecule has 0 atom stereocenters. The second kappa shape index (κ2) is 44.6. The largest absolute Gasteiger partial charge is 3.00 e. The number of unbranched alkanes of at least 4 members (excludes halogenated alkanes) is 27. The van der Waals surface area contributed by atoms with Crippen LogP contribution in [0.25, 0.3) is 0 Å². The van der Waals surface area contributed by atoms with E-state index in [1.807, 2.05) is 0 Å². The van der Waals surface area contributed by atoms with Gasteiger partial charge in [-0.05, 0) is 19.3 Å². The summed E-state index contributed by atoms with van der Waals surface area (Å²) in [4.78, 5) is 0. The number of hydrogen-bond donors (Lipinski definition) is 0. The van der Waals surface area contributed by atoms with Crippen molar-refractivity contribution in [2.45, 2.75) is 213 Å². The molecule has 0 heterocycles. The van der Waals surface area contributed by atoms with E-state index in [0.717, 1.165) is 38.5 Å². The van der Waals surface area contributed by atoms with Crippen molar-refractivity contribution in [3.8, 4) is 0 Å². The third-order valence-corrected chi connectivity index (χ3v) is 9.54. The van der Waals surface area contributed by atoms with Gasteiger partial charge in [0, 0.05) is 0 Å². The molecule has 0 N–H and O–H groups in total. The van der Waals surface area contributed by atoms with Crippen molar-refractivity contribution in [1.82, 2.24) is 0 Å². The molecular weight excluding hydrogens is 883 g/mol. The smallest absolute Gasteiger partial charge is 0.726 e. The minimum Gasteiger partial charge on any atom is -0.726 e. The molecule has 16 heteroatoms. The molecule has 12 nitrogen and oxygen atoms in total. The predicted molar refractivity (Wildman–Crippen MR) is 202 cm³/mol. The van der Waals surface area contributed by atoms with Crippen molar-refractivity contribution in [2.24, 2.45) is 0 Å². The summed E-state index contributed by atoms with van der Waals surface area (Å²) in [6, 6.07) is 0. The average molecular weight is 959 g/mol. The van der Waals surface area contributed by atoms with Gasteiger partial charge in [-0.2, -0.15) is 0 Å². The second-order valence-corrected chi connectivity index (χ2v) is 16.4. The molecule has 0 spiro atoms. The first-order chi connectivity index (χ1) is 24.2. The zero-order chi connectivity index (χ0) is 39.0. The van der Waals surface area contributed by atoms with Crippen LogP contribution in [0.5, 0.6) is 0 Å². The Kier molecular flexibility index (Phi) is 51.1. The minimum atomic E-state index is -4.48. The molecule has 0 aromatic rings. The maximum absolute atomic E-state index is 10.1. The van der Waals surface area contributed by atoms with Crippen molar-refractivity contribution in [2.75, 3.05) is 19.8 Å². The fraction of sp³-hybridized carbons (Fsp3) is 1.00. The van der Waals surface area contributed by atoms with Crippen molar-refractivity contribution < 1.29 is 89.6 Å². The van der Waals surface area contributed by atoms with Gasteiger partial charge in [-0.3, -0.25) is 12.5 Å². The van der Waals surface area contributed by atoms with Crippen molar-refractivity contribution in [3.05, 3.63) is 0 Å². The third kappa shape index (κ3) is 68.9.